The predicted molar refractivity (Wildman–Crippen MR) is 71.4 cm³/mol. The number of aliphatic hydroxyl groups is 1. The van der Waals surface area contributed by atoms with Crippen molar-refractivity contribution >= 4 is 23.2 Å². The number of halogens is 2. The molecule has 0 aliphatic carbocycles. The summed E-state index contributed by atoms with van der Waals surface area (Å²) in [6, 6.07) is 6.71. The molecule has 0 bridgehead atoms. The lowest BCUT2D eigenvalue weighted by Crippen LogP contribution is -1.95. The fraction of sp³-hybridized carbons (Fsp3) is 0.154. The van der Waals surface area contributed by atoms with Crippen molar-refractivity contribution in [2.24, 2.45) is 0 Å². The maximum absolute atomic E-state index is 9.23. The fourth-order valence-corrected chi connectivity index (χ4v) is 1.77. The molecule has 1 aromatic carbocycles. The number of hydrogen-bond acceptors (Lipinski definition) is 3. The second-order valence-corrected chi connectivity index (χ2v) is 4.61. The molecule has 18 heavy (non-hydrogen) atoms. The van der Waals surface area contributed by atoms with E-state index in [9.17, 15) is 5.11 Å². The van der Waals surface area contributed by atoms with Crippen molar-refractivity contribution in [3.05, 3.63) is 51.8 Å². The van der Waals surface area contributed by atoms with Crippen LogP contribution in [0.3, 0.4) is 0 Å². The maximum atomic E-state index is 9.23. The van der Waals surface area contributed by atoms with Gasteiger partial charge in [-0.2, -0.15) is 0 Å². The molecule has 0 amide bonds. The van der Waals surface area contributed by atoms with Crippen molar-refractivity contribution in [2.45, 2.75) is 13.5 Å². The number of nitrogens with zero attached hydrogens (tertiary/aromatic N) is 1. The van der Waals surface area contributed by atoms with Gasteiger partial charge in [0, 0.05) is 34.6 Å². The van der Waals surface area contributed by atoms with Crippen molar-refractivity contribution in [1.82, 2.24) is 4.98 Å². The molecule has 0 aliphatic rings. The van der Waals surface area contributed by atoms with E-state index in [-0.39, 0.29) is 6.61 Å². The number of ether oxygens (including phenoxy) is 1. The SMILES string of the molecule is Cc1cc(Oc2cc(Cl)ccc2Cl)c(CO)cn1. The van der Waals surface area contributed by atoms with E-state index in [2.05, 4.69) is 4.98 Å². The van der Waals surface area contributed by atoms with Crippen LogP contribution in [0.1, 0.15) is 11.3 Å². The first-order valence-electron chi connectivity index (χ1n) is 5.29. The minimum absolute atomic E-state index is 0.152. The van der Waals surface area contributed by atoms with Crippen molar-refractivity contribution in [1.29, 1.82) is 0 Å². The number of rotatable bonds is 3. The standard InChI is InChI=1S/C13H11Cl2NO2/c1-8-4-12(9(7-17)6-16-8)18-13-5-10(14)2-3-11(13)15/h2-6,17H,7H2,1H3. The van der Waals surface area contributed by atoms with Gasteiger partial charge in [0.2, 0.25) is 0 Å². The summed E-state index contributed by atoms with van der Waals surface area (Å²) < 4.78 is 5.68. The highest BCUT2D eigenvalue weighted by molar-refractivity contribution is 6.34. The smallest absolute Gasteiger partial charge is 0.147 e. The van der Waals surface area contributed by atoms with E-state index in [1.165, 1.54) is 0 Å². The second-order valence-electron chi connectivity index (χ2n) is 3.77. The van der Waals surface area contributed by atoms with Crippen LogP contribution in [0.25, 0.3) is 0 Å². The third kappa shape index (κ3) is 2.93. The van der Waals surface area contributed by atoms with Crippen molar-refractivity contribution in [3.63, 3.8) is 0 Å². The summed E-state index contributed by atoms with van der Waals surface area (Å²) in [5.41, 5.74) is 1.39. The Balaban J connectivity index is 2.38. The summed E-state index contributed by atoms with van der Waals surface area (Å²) in [4.78, 5) is 4.09. The number of aromatic nitrogens is 1. The highest BCUT2D eigenvalue weighted by Crippen LogP contribution is 2.33. The molecule has 5 heteroatoms. The lowest BCUT2D eigenvalue weighted by atomic mass is 10.2. The summed E-state index contributed by atoms with van der Waals surface area (Å²) >= 11 is 11.9. The topological polar surface area (TPSA) is 42.4 Å². The van der Waals surface area contributed by atoms with Gasteiger partial charge in [-0.05, 0) is 19.1 Å². The zero-order valence-electron chi connectivity index (χ0n) is 9.65. The van der Waals surface area contributed by atoms with Gasteiger partial charge in [0.25, 0.3) is 0 Å². The van der Waals surface area contributed by atoms with Crippen LogP contribution in [0.5, 0.6) is 11.5 Å². The van der Waals surface area contributed by atoms with Crippen LogP contribution in [0, 0.1) is 6.92 Å². The largest absolute Gasteiger partial charge is 0.455 e. The van der Waals surface area contributed by atoms with E-state index in [1.54, 1.807) is 30.5 Å². The van der Waals surface area contributed by atoms with Crippen LogP contribution >= 0.6 is 23.2 Å². The first-order valence-corrected chi connectivity index (χ1v) is 6.05. The monoisotopic (exact) mass is 283 g/mol. The first kappa shape index (κ1) is 13.1. The van der Waals surface area contributed by atoms with Gasteiger partial charge < -0.3 is 9.84 Å². The van der Waals surface area contributed by atoms with Gasteiger partial charge in [0.05, 0.1) is 11.6 Å². The van der Waals surface area contributed by atoms with Crippen LogP contribution < -0.4 is 4.74 Å². The van der Waals surface area contributed by atoms with Crippen LogP contribution in [0.4, 0.5) is 0 Å². The van der Waals surface area contributed by atoms with Gasteiger partial charge in [-0.15, -0.1) is 0 Å². The first-order chi connectivity index (χ1) is 8.60. The van der Waals surface area contributed by atoms with Crippen LogP contribution in [0.2, 0.25) is 10.0 Å². The molecule has 2 aromatic rings. The molecule has 0 spiro atoms. The van der Waals surface area contributed by atoms with Gasteiger partial charge in [0.1, 0.15) is 11.5 Å². The lowest BCUT2D eigenvalue weighted by molar-refractivity contribution is 0.276. The molecule has 2 rings (SSSR count). The molecule has 0 fully saturated rings. The Hall–Kier alpha value is -1.29. The molecule has 1 N–H and O–H groups in total. The van der Waals surface area contributed by atoms with E-state index in [0.29, 0.717) is 27.1 Å². The van der Waals surface area contributed by atoms with Gasteiger partial charge in [-0.3, -0.25) is 4.98 Å². The molecular formula is C13H11Cl2NO2. The Morgan fingerprint density at radius 1 is 1.22 bits per heavy atom. The Morgan fingerprint density at radius 3 is 2.72 bits per heavy atom. The molecule has 0 saturated carbocycles. The van der Waals surface area contributed by atoms with E-state index < -0.39 is 0 Å². The molecule has 0 saturated heterocycles. The zero-order chi connectivity index (χ0) is 13.1. The van der Waals surface area contributed by atoms with E-state index in [4.69, 9.17) is 27.9 Å². The van der Waals surface area contributed by atoms with Gasteiger partial charge >= 0.3 is 0 Å². The molecule has 3 nitrogen and oxygen atoms in total. The summed E-state index contributed by atoms with van der Waals surface area (Å²) in [5, 5.41) is 10.2. The average molecular weight is 284 g/mol. The Bertz CT molecular complexity index is 573. The lowest BCUT2D eigenvalue weighted by Gasteiger charge is -2.11. The zero-order valence-corrected chi connectivity index (χ0v) is 11.2. The van der Waals surface area contributed by atoms with Crippen molar-refractivity contribution in [2.75, 3.05) is 0 Å². The fourth-order valence-electron chi connectivity index (χ4n) is 1.45. The van der Waals surface area contributed by atoms with Gasteiger partial charge in [-0.1, -0.05) is 23.2 Å². The van der Waals surface area contributed by atoms with Crippen molar-refractivity contribution < 1.29 is 9.84 Å². The average Bonchev–Trinajstić information content (AvgIpc) is 2.34. The Morgan fingerprint density at radius 2 is 2.00 bits per heavy atom. The van der Waals surface area contributed by atoms with E-state index >= 15 is 0 Å². The minimum Gasteiger partial charge on any atom is -0.455 e. The Kier molecular flexibility index (Phi) is 4.07. The summed E-state index contributed by atoms with van der Waals surface area (Å²) in [6.07, 6.45) is 1.57. The molecular weight excluding hydrogens is 273 g/mol. The van der Waals surface area contributed by atoms with E-state index in [0.717, 1.165) is 5.69 Å². The molecule has 0 radical (unpaired) electrons. The van der Waals surface area contributed by atoms with Crippen LogP contribution in [-0.2, 0) is 6.61 Å². The normalized spacial score (nSPS) is 10.4. The van der Waals surface area contributed by atoms with Crippen LogP contribution in [-0.4, -0.2) is 10.1 Å². The quantitative estimate of drug-likeness (QED) is 0.926. The van der Waals surface area contributed by atoms with Crippen LogP contribution in [0.15, 0.2) is 30.5 Å². The summed E-state index contributed by atoms with van der Waals surface area (Å²) in [7, 11) is 0. The number of aliphatic hydroxyl groups excluding tert-OH is 1. The molecule has 94 valence electrons. The second kappa shape index (κ2) is 5.57. The number of pyridine rings is 1. The Labute approximate surface area is 115 Å². The predicted octanol–water partition coefficient (Wildman–Crippen LogP) is 3.98. The summed E-state index contributed by atoms with van der Waals surface area (Å²) in [6.45, 7) is 1.69. The molecule has 1 heterocycles. The molecule has 1 aromatic heterocycles. The highest BCUT2D eigenvalue weighted by atomic mass is 35.5. The maximum Gasteiger partial charge on any atom is 0.147 e. The summed E-state index contributed by atoms with van der Waals surface area (Å²) in [5.74, 6) is 0.971. The molecule has 0 aliphatic heterocycles. The number of benzene rings is 1. The molecule has 0 unspecified atom stereocenters. The third-order valence-electron chi connectivity index (χ3n) is 2.36. The van der Waals surface area contributed by atoms with Gasteiger partial charge in [0.15, 0.2) is 0 Å². The minimum atomic E-state index is -0.152. The number of aryl methyl sites for hydroxylation is 1. The van der Waals surface area contributed by atoms with E-state index in [1.807, 2.05) is 6.92 Å². The third-order valence-corrected chi connectivity index (χ3v) is 2.91. The van der Waals surface area contributed by atoms with Gasteiger partial charge in [-0.25, -0.2) is 0 Å². The van der Waals surface area contributed by atoms with Crippen molar-refractivity contribution in [3.8, 4) is 11.5 Å². The number of hydrogen-bond donors (Lipinski definition) is 1. The molecule has 0 atom stereocenters. The highest BCUT2D eigenvalue weighted by Gasteiger charge is 2.09.